The van der Waals surface area contributed by atoms with E-state index < -0.39 is 18.3 Å². The van der Waals surface area contributed by atoms with Crippen LogP contribution in [0.2, 0.25) is 0 Å². The van der Waals surface area contributed by atoms with Gasteiger partial charge in [0.25, 0.3) is 0 Å². The monoisotopic (exact) mass is 277 g/mol. The summed E-state index contributed by atoms with van der Waals surface area (Å²) in [7, 11) is 0. The minimum Gasteiger partial charge on any atom is -0.298 e. The van der Waals surface area contributed by atoms with Gasteiger partial charge in [-0.3, -0.25) is 10.2 Å². The molecule has 0 aromatic rings. The van der Waals surface area contributed by atoms with E-state index in [9.17, 15) is 18.4 Å². The Kier molecular flexibility index (Phi) is 5.63. The molecule has 0 amide bonds. The fraction of sp³-hybridized carbons (Fsp3) is 0.923. The minimum absolute atomic E-state index is 0.143. The first-order valence-electron chi connectivity index (χ1n) is 6.82. The fourth-order valence-electron chi connectivity index (χ4n) is 2.31. The van der Waals surface area contributed by atoms with Gasteiger partial charge in [0.15, 0.2) is 0 Å². The van der Waals surface area contributed by atoms with Crippen molar-refractivity contribution in [2.75, 3.05) is 26.2 Å². The van der Waals surface area contributed by atoms with Gasteiger partial charge in [-0.1, -0.05) is 13.8 Å². The van der Waals surface area contributed by atoms with Crippen LogP contribution in [0.25, 0.3) is 0 Å². The summed E-state index contributed by atoms with van der Waals surface area (Å²) in [6, 6.07) is 2.24. The first kappa shape index (κ1) is 16.3. The highest BCUT2D eigenvalue weighted by Crippen LogP contribution is 2.40. The lowest BCUT2D eigenvalue weighted by atomic mass is 9.93. The molecule has 1 atom stereocenters. The Hall–Kier alpha value is -0.800. The molecule has 0 aromatic carbocycles. The summed E-state index contributed by atoms with van der Waals surface area (Å²) >= 11 is 0. The molecule has 1 saturated carbocycles. The quantitative estimate of drug-likeness (QED) is 0.741. The zero-order valence-corrected chi connectivity index (χ0v) is 11.6. The van der Waals surface area contributed by atoms with Crippen molar-refractivity contribution in [3.8, 4) is 6.07 Å². The normalized spacial score (nSPS) is 19.2. The topological polar surface area (TPSA) is 39.1 Å². The van der Waals surface area contributed by atoms with Crippen molar-refractivity contribution in [1.29, 1.82) is 5.26 Å². The number of hydrogen-bond acceptors (Lipinski definition) is 3. The number of nitrogens with zero attached hydrogens (tertiary/aromatic N) is 2. The van der Waals surface area contributed by atoms with Crippen molar-refractivity contribution in [3.63, 3.8) is 0 Å². The Morgan fingerprint density at radius 1 is 1.26 bits per heavy atom. The summed E-state index contributed by atoms with van der Waals surface area (Å²) in [5.41, 5.74) is -0.822. The van der Waals surface area contributed by atoms with Crippen molar-refractivity contribution in [1.82, 2.24) is 10.2 Å². The van der Waals surface area contributed by atoms with E-state index in [-0.39, 0.29) is 12.5 Å². The van der Waals surface area contributed by atoms with Gasteiger partial charge in [0, 0.05) is 6.54 Å². The lowest BCUT2D eigenvalue weighted by Crippen LogP contribution is -2.55. The predicted molar refractivity (Wildman–Crippen MR) is 67.5 cm³/mol. The second kappa shape index (κ2) is 6.58. The molecule has 19 heavy (non-hydrogen) atoms. The van der Waals surface area contributed by atoms with E-state index in [1.54, 1.807) is 6.92 Å². The Bertz CT molecular complexity index is 320. The van der Waals surface area contributed by atoms with Gasteiger partial charge in [0.05, 0.1) is 12.6 Å². The molecule has 1 aliphatic rings. The van der Waals surface area contributed by atoms with Gasteiger partial charge >= 0.3 is 6.18 Å². The van der Waals surface area contributed by atoms with E-state index in [1.807, 2.05) is 6.92 Å². The van der Waals surface area contributed by atoms with Crippen molar-refractivity contribution < 1.29 is 13.2 Å². The molecule has 0 aromatic heterocycles. The Morgan fingerprint density at radius 3 is 2.26 bits per heavy atom. The lowest BCUT2D eigenvalue weighted by Gasteiger charge is -2.34. The van der Waals surface area contributed by atoms with Crippen LogP contribution in [0, 0.1) is 17.2 Å². The van der Waals surface area contributed by atoms with Crippen LogP contribution in [0.5, 0.6) is 0 Å². The van der Waals surface area contributed by atoms with Crippen LogP contribution in [0.3, 0.4) is 0 Å². The number of halogens is 3. The summed E-state index contributed by atoms with van der Waals surface area (Å²) in [5, 5.41) is 12.6. The van der Waals surface area contributed by atoms with Crippen LogP contribution in [-0.4, -0.2) is 42.8 Å². The molecule has 0 bridgehead atoms. The highest BCUT2D eigenvalue weighted by Gasteiger charge is 2.47. The standard InChI is InChI=1S/C13H22F3N3/c1-3-7-18-12(8-17,11-5-6-11)9-19(4-2)10-13(14,15)16/h11,18H,3-7,9-10H2,1-2H3. The number of alkyl halides is 3. The first-order valence-corrected chi connectivity index (χ1v) is 6.82. The van der Waals surface area contributed by atoms with Crippen LogP contribution >= 0.6 is 0 Å². The number of nitrogens with one attached hydrogen (secondary N) is 1. The molecule has 1 aliphatic carbocycles. The highest BCUT2D eigenvalue weighted by atomic mass is 19.4. The molecule has 1 rings (SSSR count). The van der Waals surface area contributed by atoms with E-state index in [1.165, 1.54) is 4.90 Å². The fourth-order valence-corrected chi connectivity index (χ4v) is 2.31. The second-order valence-electron chi connectivity index (χ2n) is 5.20. The van der Waals surface area contributed by atoms with Crippen molar-refractivity contribution >= 4 is 0 Å². The van der Waals surface area contributed by atoms with Crippen LogP contribution < -0.4 is 5.32 Å². The minimum atomic E-state index is -4.22. The summed E-state index contributed by atoms with van der Waals surface area (Å²) in [5.74, 6) is 0.186. The molecular formula is C13H22F3N3. The van der Waals surface area contributed by atoms with Gasteiger partial charge in [0.2, 0.25) is 0 Å². The summed E-state index contributed by atoms with van der Waals surface area (Å²) < 4.78 is 37.5. The molecule has 110 valence electrons. The molecule has 1 unspecified atom stereocenters. The molecule has 1 fully saturated rings. The third kappa shape index (κ3) is 5.00. The van der Waals surface area contributed by atoms with Crippen LogP contribution in [-0.2, 0) is 0 Å². The maximum Gasteiger partial charge on any atom is 0.401 e. The van der Waals surface area contributed by atoms with Gasteiger partial charge in [-0.05, 0) is 38.3 Å². The highest BCUT2D eigenvalue weighted by molar-refractivity contribution is 5.16. The van der Waals surface area contributed by atoms with Crippen LogP contribution in [0.15, 0.2) is 0 Å². The Balaban J connectivity index is 2.72. The predicted octanol–water partition coefficient (Wildman–Crippen LogP) is 2.54. The largest absolute Gasteiger partial charge is 0.401 e. The zero-order valence-electron chi connectivity index (χ0n) is 11.6. The van der Waals surface area contributed by atoms with Gasteiger partial charge in [-0.15, -0.1) is 0 Å². The number of hydrogen-bond donors (Lipinski definition) is 1. The van der Waals surface area contributed by atoms with E-state index >= 15 is 0 Å². The molecule has 0 saturated heterocycles. The molecule has 6 heteroatoms. The van der Waals surface area contributed by atoms with Crippen molar-refractivity contribution in [2.45, 2.75) is 44.8 Å². The molecular weight excluding hydrogens is 255 g/mol. The number of likely N-dealkylation sites (N-methyl/N-ethyl adjacent to an activating group) is 1. The second-order valence-corrected chi connectivity index (χ2v) is 5.20. The average Bonchev–Trinajstić information content (AvgIpc) is 3.16. The van der Waals surface area contributed by atoms with Crippen LogP contribution in [0.4, 0.5) is 13.2 Å². The van der Waals surface area contributed by atoms with Gasteiger partial charge in [-0.2, -0.15) is 18.4 Å². The molecule has 0 radical (unpaired) electrons. The first-order chi connectivity index (χ1) is 8.87. The van der Waals surface area contributed by atoms with Crippen molar-refractivity contribution in [3.05, 3.63) is 0 Å². The van der Waals surface area contributed by atoms with E-state index in [2.05, 4.69) is 11.4 Å². The Morgan fingerprint density at radius 2 is 1.89 bits per heavy atom. The third-order valence-corrected chi connectivity index (χ3v) is 3.49. The maximum absolute atomic E-state index is 12.5. The molecule has 1 N–H and O–H groups in total. The van der Waals surface area contributed by atoms with E-state index in [4.69, 9.17) is 0 Å². The Labute approximate surface area is 112 Å². The average molecular weight is 277 g/mol. The molecule has 0 heterocycles. The molecule has 0 spiro atoms. The molecule has 0 aliphatic heterocycles. The van der Waals surface area contributed by atoms with Gasteiger partial charge in [0.1, 0.15) is 5.54 Å². The maximum atomic E-state index is 12.5. The third-order valence-electron chi connectivity index (χ3n) is 3.49. The summed E-state index contributed by atoms with van der Waals surface area (Å²) in [4.78, 5) is 1.31. The van der Waals surface area contributed by atoms with Crippen LogP contribution in [0.1, 0.15) is 33.1 Å². The van der Waals surface area contributed by atoms with Crippen molar-refractivity contribution in [2.24, 2.45) is 5.92 Å². The SMILES string of the molecule is CCCNC(C#N)(CN(CC)CC(F)(F)F)C1CC1. The summed E-state index contributed by atoms with van der Waals surface area (Å²) in [6.07, 6.45) is -1.51. The number of nitriles is 1. The van der Waals surface area contributed by atoms with E-state index in [0.717, 1.165) is 19.3 Å². The molecule has 3 nitrogen and oxygen atoms in total. The van der Waals surface area contributed by atoms with E-state index in [0.29, 0.717) is 13.1 Å². The summed E-state index contributed by atoms with van der Waals surface area (Å²) in [6.45, 7) is 3.82. The number of rotatable bonds is 8. The van der Waals surface area contributed by atoms with Gasteiger partial charge in [-0.25, -0.2) is 0 Å². The smallest absolute Gasteiger partial charge is 0.298 e. The zero-order chi connectivity index (χ0) is 14.5. The van der Waals surface area contributed by atoms with Gasteiger partial charge < -0.3 is 0 Å². The lowest BCUT2D eigenvalue weighted by molar-refractivity contribution is -0.147.